The Morgan fingerprint density at radius 3 is 2.30 bits per heavy atom. The molecule has 0 saturated heterocycles. The van der Waals surface area contributed by atoms with Crippen molar-refractivity contribution in [3.63, 3.8) is 0 Å². The first-order valence-corrected chi connectivity index (χ1v) is 7.70. The van der Waals surface area contributed by atoms with Crippen LogP contribution < -0.4 is 5.32 Å². The minimum Gasteiger partial charge on any atom is -0.392 e. The maximum Gasteiger partial charge on any atom is 0.111 e. The first kappa shape index (κ1) is 17.6. The van der Waals surface area contributed by atoms with Crippen molar-refractivity contribution in [2.75, 3.05) is 13.2 Å². The highest BCUT2D eigenvalue weighted by Crippen LogP contribution is 2.20. The summed E-state index contributed by atoms with van der Waals surface area (Å²) in [5.41, 5.74) is 0.364. The molecule has 118 valence electrons. The lowest BCUT2D eigenvalue weighted by atomic mass is 9.88. The fourth-order valence-electron chi connectivity index (χ4n) is 2.55. The second-order valence-electron chi connectivity index (χ2n) is 5.57. The summed E-state index contributed by atoms with van der Waals surface area (Å²) in [7, 11) is 0. The Balaban J connectivity index is 2.29. The molecular formula is C15H29NO4. The van der Waals surface area contributed by atoms with Gasteiger partial charge in [0.2, 0.25) is 0 Å². The van der Waals surface area contributed by atoms with Crippen LogP contribution in [0.4, 0.5) is 0 Å². The second-order valence-corrected chi connectivity index (χ2v) is 5.57. The number of unbranched alkanes of at least 4 members (excludes halogenated alkanes) is 5. The highest BCUT2D eigenvalue weighted by molar-refractivity contribution is 5.21. The molecule has 5 heteroatoms. The van der Waals surface area contributed by atoms with Crippen molar-refractivity contribution >= 4 is 0 Å². The van der Waals surface area contributed by atoms with Crippen LogP contribution in [-0.4, -0.2) is 57.9 Å². The maximum absolute atomic E-state index is 9.90. The van der Waals surface area contributed by atoms with Gasteiger partial charge in [-0.2, -0.15) is 0 Å². The second kappa shape index (κ2) is 9.47. The zero-order valence-corrected chi connectivity index (χ0v) is 12.3. The van der Waals surface area contributed by atoms with Crippen molar-refractivity contribution in [2.45, 2.75) is 69.8 Å². The molecule has 1 rings (SSSR count). The lowest BCUT2D eigenvalue weighted by Gasteiger charge is -2.34. The third-order valence-electron chi connectivity index (χ3n) is 3.91. The van der Waals surface area contributed by atoms with Gasteiger partial charge in [0, 0.05) is 0 Å². The molecule has 4 atom stereocenters. The molecule has 0 aromatic heterocycles. The molecule has 1 aliphatic rings. The van der Waals surface area contributed by atoms with Gasteiger partial charge < -0.3 is 25.7 Å². The number of hydrogen-bond acceptors (Lipinski definition) is 5. The fraction of sp³-hybridized carbons (Fsp3) is 0.867. The van der Waals surface area contributed by atoms with E-state index in [-0.39, 0.29) is 6.61 Å². The topological polar surface area (TPSA) is 93.0 Å². The first-order chi connectivity index (χ1) is 9.61. The van der Waals surface area contributed by atoms with Crippen LogP contribution >= 0.6 is 0 Å². The summed E-state index contributed by atoms with van der Waals surface area (Å²) in [6.45, 7) is 2.64. The van der Waals surface area contributed by atoms with Crippen LogP contribution in [0, 0.1) is 0 Å². The van der Waals surface area contributed by atoms with Crippen molar-refractivity contribution in [3.8, 4) is 0 Å². The summed E-state index contributed by atoms with van der Waals surface area (Å²) in [5.74, 6) is 0. The number of nitrogens with one attached hydrogen (secondary N) is 1. The zero-order chi connectivity index (χ0) is 15.0. The minimum atomic E-state index is -1.25. The molecule has 0 aliphatic heterocycles. The molecule has 0 radical (unpaired) electrons. The van der Waals surface area contributed by atoms with Gasteiger partial charge in [-0.25, -0.2) is 0 Å². The number of aliphatic hydroxyl groups is 4. The van der Waals surface area contributed by atoms with Gasteiger partial charge in [-0.05, 0) is 18.5 Å². The third-order valence-corrected chi connectivity index (χ3v) is 3.91. The molecule has 0 saturated carbocycles. The summed E-state index contributed by atoms with van der Waals surface area (Å²) in [6.07, 6.45) is 5.34. The highest BCUT2D eigenvalue weighted by Gasteiger charge is 2.36. The molecule has 0 aromatic carbocycles. The van der Waals surface area contributed by atoms with Gasteiger partial charge in [0.1, 0.15) is 18.3 Å². The minimum absolute atomic E-state index is 0.305. The van der Waals surface area contributed by atoms with E-state index in [1.807, 2.05) is 0 Å². The van der Waals surface area contributed by atoms with Crippen LogP contribution in [-0.2, 0) is 0 Å². The Morgan fingerprint density at radius 1 is 1.00 bits per heavy atom. The van der Waals surface area contributed by atoms with E-state index >= 15 is 0 Å². The third kappa shape index (κ3) is 5.14. The standard InChI is InChI=1S/C15H29NO4/c1-2-3-4-5-6-7-8-16-12-9-11(10-17)13(18)15(20)14(12)19/h9,12-20H,2-8,10H2,1H3/t12-,13+,14-,15?/m1/s1. The van der Waals surface area contributed by atoms with Crippen molar-refractivity contribution in [1.29, 1.82) is 0 Å². The van der Waals surface area contributed by atoms with E-state index in [2.05, 4.69) is 12.2 Å². The molecule has 1 unspecified atom stereocenters. The van der Waals surface area contributed by atoms with E-state index in [0.29, 0.717) is 5.57 Å². The van der Waals surface area contributed by atoms with Crippen LogP contribution in [0.15, 0.2) is 11.6 Å². The number of hydrogen-bond donors (Lipinski definition) is 5. The van der Waals surface area contributed by atoms with E-state index in [1.54, 1.807) is 6.08 Å². The molecule has 5 nitrogen and oxygen atoms in total. The van der Waals surface area contributed by atoms with Crippen molar-refractivity contribution in [3.05, 3.63) is 11.6 Å². The molecule has 0 bridgehead atoms. The SMILES string of the molecule is CCCCCCCCN[C@@H]1C=C(CO)[C@H](O)C(O)[C@@H]1O. The van der Waals surface area contributed by atoms with E-state index in [1.165, 1.54) is 25.7 Å². The maximum atomic E-state index is 9.90. The van der Waals surface area contributed by atoms with Crippen LogP contribution in [0.25, 0.3) is 0 Å². The van der Waals surface area contributed by atoms with Crippen molar-refractivity contribution in [2.24, 2.45) is 0 Å². The van der Waals surface area contributed by atoms with Gasteiger partial charge in [-0.1, -0.05) is 45.1 Å². The normalized spacial score (nSPS) is 30.4. The summed E-state index contributed by atoms with van der Waals surface area (Å²) in [6, 6.07) is -0.411. The Bertz CT molecular complexity index is 296. The van der Waals surface area contributed by atoms with E-state index in [9.17, 15) is 15.3 Å². The quantitative estimate of drug-likeness (QED) is 0.311. The van der Waals surface area contributed by atoms with Gasteiger partial charge >= 0.3 is 0 Å². The average molecular weight is 287 g/mol. The zero-order valence-electron chi connectivity index (χ0n) is 12.3. The molecule has 0 heterocycles. The van der Waals surface area contributed by atoms with Crippen molar-refractivity contribution in [1.82, 2.24) is 5.32 Å². The fourth-order valence-corrected chi connectivity index (χ4v) is 2.55. The average Bonchev–Trinajstić information content (AvgIpc) is 2.46. The molecule has 1 aliphatic carbocycles. The summed E-state index contributed by atoms with van der Waals surface area (Å²) < 4.78 is 0. The summed E-state index contributed by atoms with van der Waals surface area (Å²) in [5, 5.41) is 41.6. The molecule has 0 fully saturated rings. The number of aliphatic hydroxyl groups excluding tert-OH is 4. The van der Waals surface area contributed by atoms with Gasteiger partial charge in [0.25, 0.3) is 0 Å². The molecule has 0 amide bonds. The Hall–Kier alpha value is -0.460. The molecule has 5 N–H and O–H groups in total. The number of rotatable bonds is 9. The highest BCUT2D eigenvalue weighted by atomic mass is 16.4. The predicted molar refractivity (Wildman–Crippen MR) is 78.4 cm³/mol. The lowest BCUT2D eigenvalue weighted by Crippen LogP contribution is -2.54. The summed E-state index contributed by atoms with van der Waals surface area (Å²) >= 11 is 0. The van der Waals surface area contributed by atoms with Gasteiger partial charge in [-0.15, -0.1) is 0 Å². The molecule has 20 heavy (non-hydrogen) atoms. The molecule has 0 spiro atoms. The van der Waals surface area contributed by atoms with Crippen LogP contribution in [0.5, 0.6) is 0 Å². The van der Waals surface area contributed by atoms with E-state index in [0.717, 1.165) is 19.4 Å². The van der Waals surface area contributed by atoms with E-state index in [4.69, 9.17) is 5.11 Å². The van der Waals surface area contributed by atoms with Gasteiger partial charge in [0.15, 0.2) is 0 Å². The monoisotopic (exact) mass is 287 g/mol. The first-order valence-electron chi connectivity index (χ1n) is 7.70. The predicted octanol–water partition coefficient (Wildman–Crippen LogP) is 0.320. The van der Waals surface area contributed by atoms with E-state index < -0.39 is 24.4 Å². The largest absolute Gasteiger partial charge is 0.392 e. The van der Waals surface area contributed by atoms with Crippen LogP contribution in [0.3, 0.4) is 0 Å². The Morgan fingerprint density at radius 2 is 1.65 bits per heavy atom. The molecule has 0 aromatic rings. The van der Waals surface area contributed by atoms with Crippen LogP contribution in [0.1, 0.15) is 45.4 Å². The summed E-state index contributed by atoms with van der Waals surface area (Å²) in [4.78, 5) is 0. The van der Waals surface area contributed by atoms with Gasteiger partial charge in [0.05, 0.1) is 12.6 Å². The Kier molecular flexibility index (Phi) is 8.33. The smallest absolute Gasteiger partial charge is 0.111 e. The molecular weight excluding hydrogens is 258 g/mol. The van der Waals surface area contributed by atoms with Crippen LogP contribution in [0.2, 0.25) is 0 Å². The van der Waals surface area contributed by atoms with Crippen molar-refractivity contribution < 1.29 is 20.4 Å². The Labute approximate surface area is 121 Å². The van der Waals surface area contributed by atoms with Gasteiger partial charge in [-0.3, -0.25) is 0 Å². The lowest BCUT2D eigenvalue weighted by molar-refractivity contribution is -0.0641.